The molecule has 3 aliphatic rings. The zero-order chi connectivity index (χ0) is 31.4. The Kier molecular flexibility index (Phi) is 9.65. The van der Waals surface area contributed by atoms with Gasteiger partial charge in [0.25, 0.3) is 5.91 Å². The van der Waals surface area contributed by atoms with Crippen LogP contribution in [0.1, 0.15) is 50.5 Å². The number of fused-ring (bicyclic) bond motifs is 1. The number of ether oxygens (including phenoxy) is 1. The highest BCUT2D eigenvalue weighted by Crippen LogP contribution is 2.52. The number of carboxylic acid groups (broad SMARTS) is 1. The van der Waals surface area contributed by atoms with Crippen molar-refractivity contribution in [3.63, 3.8) is 0 Å². The number of nitrogens with one attached hydrogen (secondary N) is 1. The van der Waals surface area contributed by atoms with Crippen molar-refractivity contribution in [2.24, 2.45) is 23.7 Å². The summed E-state index contributed by atoms with van der Waals surface area (Å²) in [4.78, 5) is 65.9. The van der Waals surface area contributed by atoms with Gasteiger partial charge >= 0.3 is 12.1 Å². The van der Waals surface area contributed by atoms with E-state index >= 15 is 0 Å². The van der Waals surface area contributed by atoms with Crippen molar-refractivity contribution >= 4 is 29.7 Å². The molecule has 3 fully saturated rings. The van der Waals surface area contributed by atoms with Crippen LogP contribution in [0.4, 0.5) is 10.6 Å². The van der Waals surface area contributed by atoms with Crippen LogP contribution in [0.25, 0.3) is 11.4 Å². The van der Waals surface area contributed by atoms with Crippen molar-refractivity contribution in [1.29, 1.82) is 0 Å². The standard InChI is InChI=1S/C32H42N6O6/c1-4-5-15-44-32(43)37-13-11-36(12-14-37)30(40)25(16-20(2)3)34-29(39)24-17-26(35-28(33-24)21-9-7-6-8-10-21)38-18-22-23(19-38)27(22)31(41)42/h6-10,17,20,22-23,25,27H,4-5,11-16,18-19H2,1-3H3,(H,34,39)(H,41,42)/t22-,23+,25-,27-/m0/s1. The number of hydrogen-bond acceptors (Lipinski definition) is 8. The predicted octanol–water partition coefficient (Wildman–Crippen LogP) is 3.14. The van der Waals surface area contributed by atoms with Gasteiger partial charge in [-0.2, -0.15) is 0 Å². The molecule has 236 valence electrons. The van der Waals surface area contributed by atoms with Gasteiger partial charge in [0.05, 0.1) is 12.5 Å². The van der Waals surface area contributed by atoms with Crippen LogP contribution < -0.4 is 10.2 Å². The quantitative estimate of drug-likeness (QED) is 0.369. The van der Waals surface area contributed by atoms with Gasteiger partial charge in [0.15, 0.2) is 5.82 Å². The summed E-state index contributed by atoms with van der Waals surface area (Å²) in [5.74, 6) is -0.510. The first-order valence-corrected chi connectivity index (χ1v) is 15.6. The molecule has 0 radical (unpaired) electrons. The lowest BCUT2D eigenvalue weighted by molar-refractivity contribution is -0.139. The van der Waals surface area contributed by atoms with E-state index in [1.165, 1.54) is 0 Å². The SMILES string of the molecule is CCCCOC(=O)N1CCN(C(=O)[C@H](CC(C)C)NC(=O)c2cc(N3C[C@@H]4[C@H](C3)[C@@H]4C(=O)O)nc(-c3ccccc3)n2)CC1. The molecule has 1 aliphatic carbocycles. The van der Waals surface area contributed by atoms with Crippen LogP contribution >= 0.6 is 0 Å². The van der Waals surface area contributed by atoms with Gasteiger partial charge in [-0.3, -0.25) is 14.4 Å². The summed E-state index contributed by atoms with van der Waals surface area (Å²) in [6, 6.07) is 10.2. The number of anilines is 1. The first-order valence-electron chi connectivity index (χ1n) is 15.6. The summed E-state index contributed by atoms with van der Waals surface area (Å²) in [6.45, 7) is 8.98. The van der Waals surface area contributed by atoms with Gasteiger partial charge in [-0.15, -0.1) is 0 Å². The number of aliphatic carboxylic acids is 1. The second kappa shape index (κ2) is 13.6. The maximum absolute atomic E-state index is 13.7. The lowest BCUT2D eigenvalue weighted by Crippen LogP contribution is -2.56. The molecule has 4 atom stereocenters. The molecule has 0 unspecified atom stereocenters. The van der Waals surface area contributed by atoms with E-state index in [9.17, 15) is 24.3 Å². The number of carbonyl (C=O) groups is 4. The zero-order valence-electron chi connectivity index (χ0n) is 25.6. The van der Waals surface area contributed by atoms with E-state index in [-0.39, 0.29) is 41.4 Å². The van der Waals surface area contributed by atoms with E-state index in [0.29, 0.717) is 63.9 Å². The fraction of sp³-hybridized carbons (Fsp3) is 0.562. The second-order valence-corrected chi connectivity index (χ2v) is 12.3. The molecule has 2 aromatic rings. The third-order valence-electron chi connectivity index (χ3n) is 8.66. The first kappa shape index (κ1) is 31.2. The Balaban J connectivity index is 1.30. The fourth-order valence-corrected chi connectivity index (χ4v) is 6.16. The summed E-state index contributed by atoms with van der Waals surface area (Å²) in [7, 11) is 0. The topological polar surface area (TPSA) is 145 Å². The summed E-state index contributed by atoms with van der Waals surface area (Å²) >= 11 is 0. The van der Waals surface area contributed by atoms with Crippen molar-refractivity contribution in [1.82, 2.24) is 25.1 Å². The molecular weight excluding hydrogens is 564 g/mol. The number of rotatable bonds is 11. The zero-order valence-corrected chi connectivity index (χ0v) is 25.6. The molecule has 1 aromatic heterocycles. The number of carboxylic acids is 1. The smallest absolute Gasteiger partial charge is 0.409 e. The minimum absolute atomic E-state index is 0.0756. The van der Waals surface area contributed by atoms with Crippen molar-refractivity contribution < 1.29 is 29.0 Å². The maximum atomic E-state index is 13.7. The number of piperazine rings is 1. The first-order chi connectivity index (χ1) is 21.2. The molecule has 2 aliphatic heterocycles. The average molecular weight is 607 g/mol. The molecule has 2 saturated heterocycles. The molecule has 44 heavy (non-hydrogen) atoms. The van der Waals surface area contributed by atoms with Crippen LogP contribution in [0.5, 0.6) is 0 Å². The molecule has 2 N–H and O–H groups in total. The molecule has 1 saturated carbocycles. The third kappa shape index (κ3) is 7.11. The highest BCUT2D eigenvalue weighted by Gasteiger charge is 2.60. The van der Waals surface area contributed by atoms with Crippen molar-refractivity contribution in [2.45, 2.75) is 46.1 Å². The normalized spacial score (nSPS) is 21.5. The number of aromatic nitrogens is 2. The molecule has 0 spiro atoms. The summed E-state index contributed by atoms with van der Waals surface area (Å²) in [5.41, 5.74) is 0.891. The molecular formula is C32H42N6O6. The lowest BCUT2D eigenvalue weighted by atomic mass is 10.0. The van der Waals surface area contributed by atoms with Crippen LogP contribution in [0, 0.1) is 23.7 Å². The number of carbonyl (C=O) groups excluding carboxylic acids is 3. The lowest BCUT2D eigenvalue weighted by Gasteiger charge is -2.36. The highest BCUT2D eigenvalue weighted by atomic mass is 16.6. The minimum Gasteiger partial charge on any atom is -0.481 e. The van der Waals surface area contributed by atoms with Gasteiger partial charge < -0.3 is 29.9 Å². The maximum Gasteiger partial charge on any atom is 0.409 e. The van der Waals surface area contributed by atoms with E-state index in [2.05, 4.69) is 10.3 Å². The summed E-state index contributed by atoms with van der Waals surface area (Å²) < 4.78 is 5.32. The average Bonchev–Trinajstić information content (AvgIpc) is 3.54. The van der Waals surface area contributed by atoms with Gasteiger partial charge in [0.1, 0.15) is 17.6 Å². The van der Waals surface area contributed by atoms with Crippen LogP contribution in [0.3, 0.4) is 0 Å². The number of hydrogen-bond donors (Lipinski definition) is 2. The van der Waals surface area contributed by atoms with Crippen LogP contribution in [-0.2, 0) is 14.3 Å². The van der Waals surface area contributed by atoms with Crippen molar-refractivity contribution in [2.75, 3.05) is 50.8 Å². The van der Waals surface area contributed by atoms with E-state index in [0.717, 1.165) is 18.4 Å². The van der Waals surface area contributed by atoms with Gasteiger partial charge in [0, 0.05) is 50.9 Å². The number of amides is 3. The Morgan fingerprint density at radius 1 is 1.00 bits per heavy atom. The van der Waals surface area contributed by atoms with Crippen molar-refractivity contribution in [3.05, 3.63) is 42.1 Å². The predicted molar refractivity (Wildman–Crippen MR) is 163 cm³/mol. The molecule has 5 rings (SSSR count). The van der Waals surface area contributed by atoms with Crippen LogP contribution in [0.15, 0.2) is 36.4 Å². The summed E-state index contributed by atoms with van der Waals surface area (Å²) in [5, 5.41) is 12.4. The Hall–Kier alpha value is -4.22. The second-order valence-electron chi connectivity index (χ2n) is 12.3. The number of nitrogens with zero attached hydrogens (tertiary/aromatic N) is 5. The molecule has 1 aromatic carbocycles. The molecule has 3 heterocycles. The number of benzene rings is 1. The molecule has 12 heteroatoms. The monoisotopic (exact) mass is 606 g/mol. The molecule has 3 amide bonds. The van der Waals surface area contributed by atoms with E-state index in [1.807, 2.05) is 56.0 Å². The number of piperidine rings is 1. The Bertz CT molecular complexity index is 1350. The third-order valence-corrected chi connectivity index (χ3v) is 8.66. The van der Waals surface area contributed by atoms with Gasteiger partial charge in [-0.25, -0.2) is 14.8 Å². The van der Waals surface area contributed by atoms with E-state index < -0.39 is 17.9 Å². The van der Waals surface area contributed by atoms with Gasteiger partial charge in [-0.05, 0) is 30.6 Å². The molecule has 0 bridgehead atoms. The fourth-order valence-electron chi connectivity index (χ4n) is 6.16. The Morgan fingerprint density at radius 3 is 2.27 bits per heavy atom. The van der Waals surface area contributed by atoms with Gasteiger partial charge in [0.2, 0.25) is 5.91 Å². The van der Waals surface area contributed by atoms with Crippen LogP contribution in [0.2, 0.25) is 0 Å². The Labute approximate surface area is 257 Å². The minimum atomic E-state index is -0.764. The largest absolute Gasteiger partial charge is 0.481 e. The summed E-state index contributed by atoms with van der Waals surface area (Å²) in [6.07, 6.45) is 1.83. The van der Waals surface area contributed by atoms with E-state index in [4.69, 9.17) is 9.72 Å². The Morgan fingerprint density at radius 2 is 1.66 bits per heavy atom. The molecule has 12 nitrogen and oxygen atoms in total. The van der Waals surface area contributed by atoms with Gasteiger partial charge in [-0.1, -0.05) is 57.5 Å². The van der Waals surface area contributed by atoms with Crippen LogP contribution in [-0.4, -0.2) is 101 Å². The highest BCUT2D eigenvalue weighted by molar-refractivity contribution is 5.97. The number of unbranched alkanes of at least 4 members (excludes halogenated alkanes) is 1. The van der Waals surface area contributed by atoms with Crippen molar-refractivity contribution in [3.8, 4) is 11.4 Å². The van der Waals surface area contributed by atoms with E-state index in [1.54, 1.807) is 15.9 Å².